The third-order valence-electron chi connectivity index (χ3n) is 2.82. The van der Waals surface area contributed by atoms with Gasteiger partial charge in [0.1, 0.15) is 0 Å². The van der Waals surface area contributed by atoms with Crippen molar-refractivity contribution in [3.8, 4) is 0 Å². The predicted molar refractivity (Wildman–Crippen MR) is 72.2 cm³/mol. The molecule has 0 aromatic heterocycles. The number of benzene rings is 1. The SMILES string of the molecule is CN/C(=C\c1c(C)cc(C(N)=O)cc1C)C(C)=O. The molecule has 0 unspecified atom stereocenters. The van der Waals surface area contributed by atoms with Crippen molar-refractivity contribution in [1.82, 2.24) is 5.32 Å². The Labute approximate surface area is 107 Å². The summed E-state index contributed by atoms with van der Waals surface area (Å²) in [5.41, 5.74) is 9.03. The molecule has 0 bridgehead atoms. The summed E-state index contributed by atoms with van der Waals surface area (Å²) in [6, 6.07) is 3.46. The maximum Gasteiger partial charge on any atom is 0.248 e. The van der Waals surface area contributed by atoms with Crippen molar-refractivity contribution in [3.05, 3.63) is 40.1 Å². The fourth-order valence-electron chi connectivity index (χ4n) is 1.84. The zero-order valence-electron chi connectivity index (χ0n) is 11.1. The molecule has 0 aliphatic carbocycles. The zero-order valence-corrected chi connectivity index (χ0v) is 11.1. The predicted octanol–water partition coefficient (Wildman–Crippen LogP) is 1.55. The maximum atomic E-state index is 11.4. The van der Waals surface area contributed by atoms with Crippen LogP contribution in [0, 0.1) is 13.8 Å². The Balaban J connectivity index is 3.35. The van der Waals surface area contributed by atoms with Crippen LogP contribution in [0.5, 0.6) is 0 Å². The van der Waals surface area contributed by atoms with Gasteiger partial charge in [-0.15, -0.1) is 0 Å². The Hall–Kier alpha value is -2.10. The van der Waals surface area contributed by atoms with Crippen LogP contribution in [0.4, 0.5) is 0 Å². The molecule has 1 rings (SSSR count). The summed E-state index contributed by atoms with van der Waals surface area (Å²) in [6.45, 7) is 5.28. The molecule has 96 valence electrons. The Morgan fingerprint density at radius 1 is 1.22 bits per heavy atom. The lowest BCUT2D eigenvalue weighted by molar-refractivity contribution is -0.113. The third kappa shape index (κ3) is 2.97. The first-order chi connectivity index (χ1) is 8.36. The van der Waals surface area contributed by atoms with Gasteiger partial charge < -0.3 is 11.1 Å². The average molecular weight is 246 g/mol. The lowest BCUT2D eigenvalue weighted by Crippen LogP contribution is -2.14. The molecule has 1 aromatic carbocycles. The lowest BCUT2D eigenvalue weighted by atomic mass is 9.97. The number of likely N-dealkylation sites (N-methyl/N-ethyl adjacent to an activating group) is 1. The van der Waals surface area contributed by atoms with Gasteiger partial charge >= 0.3 is 0 Å². The van der Waals surface area contributed by atoms with Crippen molar-refractivity contribution in [2.24, 2.45) is 5.73 Å². The number of primary amides is 1. The van der Waals surface area contributed by atoms with Gasteiger partial charge in [0.2, 0.25) is 5.91 Å². The molecule has 0 aliphatic heterocycles. The van der Waals surface area contributed by atoms with Gasteiger partial charge in [0.25, 0.3) is 0 Å². The molecule has 4 heteroatoms. The molecule has 0 aliphatic rings. The quantitative estimate of drug-likeness (QED) is 0.792. The highest BCUT2D eigenvalue weighted by Crippen LogP contribution is 2.19. The summed E-state index contributed by atoms with van der Waals surface area (Å²) < 4.78 is 0. The number of hydrogen-bond acceptors (Lipinski definition) is 3. The zero-order chi connectivity index (χ0) is 13.9. The number of nitrogens with two attached hydrogens (primary N) is 1. The molecule has 0 spiro atoms. The number of aryl methyl sites for hydroxylation is 2. The monoisotopic (exact) mass is 246 g/mol. The molecule has 0 radical (unpaired) electrons. The molecule has 0 saturated heterocycles. The van der Waals surface area contributed by atoms with Gasteiger partial charge in [0, 0.05) is 19.5 Å². The summed E-state index contributed by atoms with van der Waals surface area (Å²) in [7, 11) is 1.70. The van der Waals surface area contributed by atoms with E-state index in [0.29, 0.717) is 11.3 Å². The Bertz CT molecular complexity index is 508. The first-order valence-electron chi connectivity index (χ1n) is 5.68. The van der Waals surface area contributed by atoms with Gasteiger partial charge in [0.15, 0.2) is 5.78 Å². The summed E-state index contributed by atoms with van der Waals surface area (Å²) >= 11 is 0. The van der Waals surface area contributed by atoms with Crippen molar-refractivity contribution in [2.45, 2.75) is 20.8 Å². The number of carbonyl (C=O) groups excluding carboxylic acids is 2. The van der Waals surface area contributed by atoms with Crippen LogP contribution in [0.25, 0.3) is 6.08 Å². The van der Waals surface area contributed by atoms with Gasteiger partial charge in [-0.05, 0) is 48.7 Å². The molecule has 0 atom stereocenters. The highest BCUT2D eigenvalue weighted by molar-refractivity contribution is 5.98. The van der Waals surface area contributed by atoms with Gasteiger partial charge in [0.05, 0.1) is 5.70 Å². The second-order valence-corrected chi connectivity index (χ2v) is 4.25. The van der Waals surface area contributed by atoms with Crippen LogP contribution in [0.3, 0.4) is 0 Å². The van der Waals surface area contributed by atoms with E-state index in [1.165, 1.54) is 6.92 Å². The molecule has 3 N–H and O–H groups in total. The van der Waals surface area contributed by atoms with Crippen LogP contribution in [0.1, 0.15) is 34.0 Å². The topological polar surface area (TPSA) is 72.2 Å². The molecule has 0 heterocycles. The molecule has 0 saturated carbocycles. The van der Waals surface area contributed by atoms with Crippen LogP contribution >= 0.6 is 0 Å². The highest BCUT2D eigenvalue weighted by Gasteiger charge is 2.09. The first-order valence-corrected chi connectivity index (χ1v) is 5.68. The number of carbonyl (C=O) groups is 2. The maximum absolute atomic E-state index is 11.4. The number of nitrogens with one attached hydrogen (secondary N) is 1. The molecule has 18 heavy (non-hydrogen) atoms. The second-order valence-electron chi connectivity index (χ2n) is 4.25. The largest absolute Gasteiger partial charge is 0.385 e. The fourth-order valence-corrected chi connectivity index (χ4v) is 1.84. The molecule has 1 amide bonds. The number of hydrogen-bond donors (Lipinski definition) is 2. The van der Waals surface area contributed by atoms with Crippen LogP contribution in [-0.2, 0) is 4.79 Å². The summed E-state index contributed by atoms with van der Waals surface area (Å²) in [5, 5.41) is 2.86. The highest BCUT2D eigenvalue weighted by atomic mass is 16.1. The summed E-state index contributed by atoms with van der Waals surface area (Å²) in [5.74, 6) is -0.479. The van der Waals surface area contributed by atoms with Crippen LogP contribution in [0.15, 0.2) is 17.8 Å². The van der Waals surface area contributed by atoms with Crippen molar-refractivity contribution in [3.63, 3.8) is 0 Å². The second kappa shape index (κ2) is 5.49. The standard InChI is InChI=1S/C14H18N2O2/c1-8-5-11(14(15)18)6-9(2)12(8)7-13(16-4)10(3)17/h5-7,16H,1-4H3,(H2,15,18)/b13-7-. The third-order valence-corrected chi connectivity index (χ3v) is 2.82. The van der Waals surface area contributed by atoms with Gasteiger partial charge in [-0.25, -0.2) is 0 Å². The molecule has 1 aromatic rings. The fraction of sp³-hybridized carbons (Fsp3) is 0.286. The van der Waals surface area contributed by atoms with E-state index in [0.717, 1.165) is 16.7 Å². The minimum absolute atomic E-state index is 0.0322. The molecule has 4 nitrogen and oxygen atoms in total. The smallest absolute Gasteiger partial charge is 0.248 e. The summed E-state index contributed by atoms with van der Waals surface area (Å²) in [6.07, 6.45) is 1.79. The number of rotatable bonds is 4. The van der Waals surface area contributed by atoms with E-state index in [4.69, 9.17) is 5.73 Å². The van der Waals surface area contributed by atoms with E-state index in [-0.39, 0.29) is 5.78 Å². The van der Waals surface area contributed by atoms with E-state index in [9.17, 15) is 9.59 Å². The van der Waals surface area contributed by atoms with Crippen LogP contribution in [0.2, 0.25) is 0 Å². The Kier molecular flexibility index (Phi) is 4.26. The minimum Gasteiger partial charge on any atom is -0.385 e. The van der Waals surface area contributed by atoms with E-state index in [1.54, 1.807) is 25.3 Å². The minimum atomic E-state index is -0.447. The van der Waals surface area contributed by atoms with Gasteiger partial charge in [-0.2, -0.15) is 0 Å². The molecular formula is C14H18N2O2. The Morgan fingerprint density at radius 3 is 2.06 bits per heavy atom. The van der Waals surface area contributed by atoms with E-state index < -0.39 is 5.91 Å². The van der Waals surface area contributed by atoms with E-state index in [2.05, 4.69) is 5.32 Å². The van der Waals surface area contributed by atoms with Gasteiger partial charge in [-0.1, -0.05) is 0 Å². The van der Waals surface area contributed by atoms with E-state index in [1.807, 2.05) is 13.8 Å². The number of allylic oxidation sites excluding steroid dienone is 1. The molecular weight excluding hydrogens is 228 g/mol. The normalized spacial score (nSPS) is 11.2. The van der Waals surface area contributed by atoms with Crippen LogP contribution in [-0.4, -0.2) is 18.7 Å². The van der Waals surface area contributed by atoms with Crippen LogP contribution < -0.4 is 11.1 Å². The average Bonchev–Trinajstić information content (AvgIpc) is 2.27. The van der Waals surface area contributed by atoms with Crippen molar-refractivity contribution in [2.75, 3.05) is 7.05 Å². The van der Waals surface area contributed by atoms with Crippen molar-refractivity contribution >= 4 is 17.8 Å². The van der Waals surface area contributed by atoms with Crippen molar-refractivity contribution in [1.29, 1.82) is 0 Å². The Morgan fingerprint density at radius 2 is 1.72 bits per heavy atom. The van der Waals surface area contributed by atoms with E-state index >= 15 is 0 Å². The summed E-state index contributed by atoms with van der Waals surface area (Å²) in [4.78, 5) is 22.5. The van der Waals surface area contributed by atoms with Gasteiger partial charge in [-0.3, -0.25) is 9.59 Å². The number of ketones is 1. The number of Topliss-reactive ketones (excluding diaryl/α,β-unsaturated/α-hetero) is 1. The number of amides is 1. The van der Waals surface area contributed by atoms with Crippen molar-refractivity contribution < 1.29 is 9.59 Å². The molecule has 0 fully saturated rings. The first kappa shape index (κ1) is 14.0. The lowest BCUT2D eigenvalue weighted by Gasteiger charge is -2.10.